The number of carboxylic acid groups (broad SMARTS) is 1. The predicted molar refractivity (Wildman–Crippen MR) is 82.2 cm³/mol. The molecule has 2 N–H and O–H groups in total. The normalized spacial score (nSPS) is 13.3. The SMILES string of the molecule is O=C(O)c1ccc(NC(=O)c2ccc3c(n2)CCCC3)cc1. The van der Waals surface area contributed by atoms with Crippen molar-refractivity contribution in [2.75, 3.05) is 5.32 Å². The summed E-state index contributed by atoms with van der Waals surface area (Å²) in [5.41, 5.74) is 3.37. The predicted octanol–water partition coefficient (Wildman–Crippen LogP) is 2.91. The van der Waals surface area contributed by atoms with E-state index in [1.54, 1.807) is 18.2 Å². The summed E-state index contributed by atoms with van der Waals surface area (Å²) in [4.78, 5) is 27.5. The number of aromatic carboxylic acids is 1. The van der Waals surface area contributed by atoms with Crippen molar-refractivity contribution in [3.8, 4) is 0 Å². The van der Waals surface area contributed by atoms with Crippen molar-refractivity contribution in [3.63, 3.8) is 0 Å². The fourth-order valence-corrected chi connectivity index (χ4v) is 2.60. The number of carboxylic acids is 1. The Morgan fingerprint density at radius 3 is 2.45 bits per heavy atom. The fraction of sp³-hybridized carbons (Fsp3) is 0.235. The minimum Gasteiger partial charge on any atom is -0.478 e. The van der Waals surface area contributed by atoms with Gasteiger partial charge in [-0.15, -0.1) is 0 Å². The Balaban J connectivity index is 1.75. The number of rotatable bonds is 3. The van der Waals surface area contributed by atoms with Crippen molar-refractivity contribution in [2.24, 2.45) is 0 Å². The standard InChI is InChI=1S/C17H16N2O3/c20-16(18-13-8-5-12(6-9-13)17(21)22)15-10-7-11-3-1-2-4-14(11)19-15/h5-10H,1-4H2,(H,18,20)(H,21,22). The smallest absolute Gasteiger partial charge is 0.335 e. The molecule has 0 saturated carbocycles. The number of anilines is 1. The second-order valence-electron chi connectivity index (χ2n) is 5.35. The van der Waals surface area contributed by atoms with Gasteiger partial charge in [0, 0.05) is 11.4 Å². The highest BCUT2D eigenvalue weighted by atomic mass is 16.4. The van der Waals surface area contributed by atoms with Gasteiger partial charge in [0.25, 0.3) is 5.91 Å². The number of aromatic nitrogens is 1. The van der Waals surface area contributed by atoms with E-state index in [1.165, 1.54) is 24.1 Å². The number of benzene rings is 1. The van der Waals surface area contributed by atoms with Gasteiger partial charge in [-0.3, -0.25) is 4.79 Å². The molecule has 1 aromatic heterocycles. The lowest BCUT2D eigenvalue weighted by Crippen LogP contribution is -2.16. The van der Waals surface area contributed by atoms with Crippen molar-refractivity contribution in [3.05, 3.63) is 58.9 Å². The van der Waals surface area contributed by atoms with Gasteiger partial charge in [0.15, 0.2) is 0 Å². The minimum atomic E-state index is -0.991. The molecule has 1 aromatic carbocycles. The van der Waals surface area contributed by atoms with E-state index in [0.717, 1.165) is 25.0 Å². The fourth-order valence-electron chi connectivity index (χ4n) is 2.60. The number of hydrogen-bond acceptors (Lipinski definition) is 3. The summed E-state index contributed by atoms with van der Waals surface area (Å²) in [6.07, 6.45) is 4.24. The van der Waals surface area contributed by atoms with E-state index >= 15 is 0 Å². The quantitative estimate of drug-likeness (QED) is 0.912. The molecule has 0 saturated heterocycles. The zero-order chi connectivity index (χ0) is 15.5. The lowest BCUT2D eigenvalue weighted by Gasteiger charge is -2.15. The van der Waals surface area contributed by atoms with Crippen molar-refractivity contribution in [1.29, 1.82) is 0 Å². The maximum absolute atomic E-state index is 12.2. The maximum atomic E-state index is 12.2. The van der Waals surface area contributed by atoms with Crippen LogP contribution in [0.25, 0.3) is 0 Å². The van der Waals surface area contributed by atoms with E-state index in [4.69, 9.17) is 5.11 Å². The maximum Gasteiger partial charge on any atom is 0.335 e. The van der Waals surface area contributed by atoms with E-state index in [-0.39, 0.29) is 11.5 Å². The van der Waals surface area contributed by atoms with Crippen LogP contribution in [0.4, 0.5) is 5.69 Å². The number of carbonyl (C=O) groups excluding carboxylic acids is 1. The van der Waals surface area contributed by atoms with Gasteiger partial charge < -0.3 is 10.4 Å². The third kappa shape index (κ3) is 2.98. The van der Waals surface area contributed by atoms with Crippen molar-refractivity contribution in [2.45, 2.75) is 25.7 Å². The van der Waals surface area contributed by atoms with Crippen LogP contribution in [-0.2, 0) is 12.8 Å². The average molecular weight is 296 g/mol. The number of carbonyl (C=O) groups is 2. The number of aryl methyl sites for hydroxylation is 2. The van der Waals surface area contributed by atoms with Gasteiger partial charge in [-0.1, -0.05) is 6.07 Å². The summed E-state index contributed by atoms with van der Waals surface area (Å²) in [6, 6.07) is 9.77. The van der Waals surface area contributed by atoms with Gasteiger partial charge in [-0.2, -0.15) is 0 Å². The van der Waals surface area contributed by atoms with Gasteiger partial charge in [-0.05, 0) is 61.6 Å². The third-order valence-corrected chi connectivity index (χ3v) is 3.80. The van der Waals surface area contributed by atoms with Crippen molar-refractivity contribution >= 4 is 17.6 Å². The number of amides is 1. The molecule has 1 aliphatic rings. The largest absolute Gasteiger partial charge is 0.478 e. The molecular weight excluding hydrogens is 280 g/mol. The molecule has 0 aliphatic heterocycles. The lowest BCUT2D eigenvalue weighted by atomic mass is 9.96. The summed E-state index contributed by atoms with van der Waals surface area (Å²) < 4.78 is 0. The molecule has 0 radical (unpaired) electrons. The molecule has 1 amide bonds. The second kappa shape index (κ2) is 5.97. The number of nitrogens with one attached hydrogen (secondary N) is 1. The highest BCUT2D eigenvalue weighted by molar-refractivity contribution is 6.03. The summed E-state index contributed by atoms with van der Waals surface area (Å²) in [6.45, 7) is 0. The van der Waals surface area contributed by atoms with Crippen LogP contribution in [0.3, 0.4) is 0 Å². The summed E-state index contributed by atoms with van der Waals surface area (Å²) in [5, 5.41) is 11.6. The Kier molecular flexibility index (Phi) is 3.87. The van der Waals surface area contributed by atoms with Crippen molar-refractivity contribution in [1.82, 2.24) is 4.98 Å². The number of pyridine rings is 1. The molecular formula is C17H16N2O3. The first-order valence-corrected chi connectivity index (χ1v) is 7.27. The Bertz CT molecular complexity index is 723. The first kappa shape index (κ1) is 14.3. The summed E-state index contributed by atoms with van der Waals surface area (Å²) >= 11 is 0. The topological polar surface area (TPSA) is 79.3 Å². The molecule has 5 nitrogen and oxygen atoms in total. The highest BCUT2D eigenvalue weighted by Gasteiger charge is 2.14. The van der Waals surface area contributed by atoms with Crippen LogP contribution in [0.5, 0.6) is 0 Å². The van der Waals surface area contributed by atoms with E-state index in [1.807, 2.05) is 6.07 Å². The van der Waals surface area contributed by atoms with Gasteiger partial charge in [0.1, 0.15) is 5.69 Å². The van der Waals surface area contributed by atoms with E-state index in [0.29, 0.717) is 11.4 Å². The van der Waals surface area contributed by atoms with Gasteiger partial charge in [0.2, 0.25) is 0 Å². The van der Waals surface area contributed by atoms with Crippen molar-refractivity contribution < 1.29 is 14.7 Å². The average Bonchev–Trinajstić information content (AvgIpc) is 2.55. The zero-order valence-corrected chi connectivity index (χ0v) is 12.0. The first-order valence-electron chi connectivity index (χ1n) is 7.27. The van der Waals surface area contributed by atoms with Crippen LogP contribution in [0.1, 0.15) is 44.9 Å². The Morgan fingerprint density at radius 1 is 1.00 bits per heavy atom. The number of hydrogen-bond donors (Lipinski definition) is 2. The number of fused-ring (bicyclic) bond motifs is 1. The van der Waals surface area contributed by atoms with Crippen LogP contribution >= 0.6 is 0 Å². The minimum absolute atomic E-state index is 0.185. The molecule has 0 unspecified atom stereocenters. The molecule has 0 bridgehead atoms. The zero-order valence-electron chi connectivity index (χ0n) is 12.0. The van der Waals surface area contributed by atoms with E-state index in [9.17, 15) is 9.59 Å². The van der Waals surface area contributed by atoms with Gasteiger partial charge in [0.05, 0.1) is 5.56 Å². The van der Waals surface area contributed by atoms with Crippen LogP contribution in [0, 0.1) is 0 Å². The first-order chi connectivity index (χ1) is 10.6. The molecule has 1 aliphatic carbocycles. The monoisotopic (exact) mass is 296 g/mol. The van der Waals surface area contributed by atoms with Crippen LogP contribution in [0.15, 0.2) is 36.4 Å². The van der Waals surface area contributed by atoms with Crippen LogP contribution < -0.4 is 5.32 Å². The molecule has 5 heteroatoms. The Hall–Kier alpha value is -2.69. The molecule has 0 fully saturated rings. The molecule has 22 heavy (non-hydrogen) atoms. The molecule has 2 aromatic rings. The lowest BCUT2D eigenvalue weighted by molar-refractivity contribution is 0.0696. The molecule has 3 rings (SSSR count). The summed E-state index contributed by atoms with van der Waals surface area (Å²) in [5.74, 6) is -1.27. The molecule has 1 heterocycles. The third-order valence-electron chi connectivity index (χ3n) is 3.80. The van der Waals surface area contributed by atoms with Gasteiger partial charge >= 0.3 is 5.97 Å². The van der Waals surface area contributed by atoms with Crippen LogP contribution in [0.2, 0.25) is 0 Å². The molecule has 112 valence electrons. The summed E-state index contributed by atoms with van der Waals surface area (Å²) in [7, 11) is 0. The van der Waals surface area contributed by atoms with E-state index in [2.05, 4.69) is 10.3 Å². The van der Waals surface area contributed by atoms with Gasteiger partial charge in [-0.25, -0.2) is 9.78 Å². The molecule has 0 spiro atoms. The molecule has 0 atom stereocenters. The van der Waals surface area contributed by atoms with Crippen LogP contribution in [-0.4, -0.2) is 22.0 Å². The second-order valence-corrected chi connectivity index (χ2v) is 5.35. The number of nitrogens with zero attached hydrogens (tertiary/aromatic N) is 1. The van der Waals surface area contributed by atoms with E-state index < -0.39 is 5.97 Å². The highest BCUT2D eigenvalue weighted by Crippen LogP contribution is 2.20. The Morgan fingerprint density at radius 2 is 1.73 bits per heavy atom. The Labute approximate surface area is 128 Å².